The van der Waals surface area contributed by atoms with Crippen molar-refractivity contribution in [2.24, 2.45) is 11.8 Å². The molecule has 0 aromatic rings. The first-order valence-corrected chi connectivity index (χ1v) is 7.67. The van der Waals surface area contributed by atoms with E-state index in [4.69, 9.17) is 9.84 Å². The fraction of sp³-hybridized carbons (Fsp3) is 0.867. The van der Waals surface area contributed by atoms with Crippen molar-refractivity contribution in [1.29, 1.82) is 0 Å². The molecule has 6 nitrogen and oxygen atoms in total. The number of ether oxygens (including phenoxy) is 1. The largest absolute Gasteiger partial charge is 0.481 e. The van der Waals surface area contributed by atoms with Crippen LogP contribution in [0, 0.1) is 11.8 Å². The molecule has 2 saturated heterocycles. The SMILES string of the molecule is CC(C)(C)OC(=O)N1CCC(CN2CC(C(=O)O)C2)CC1. The van der Waals surface area contributed by atoms with Crippen LogP contribution in [0.1, 0.15) is 33.6 Å². The second-order valence-corrected chi connectivity index (χ2v) is 7.16. The van der Waals surface area contributed by atoms with E-state index >= 15 is 0 Å². The van der Waals surface area contributed by atoms with Gasteiger partial charge in [0.25, 0.3) is 0 Å². The molecule has 1 amide bonds. The summed E-state index contributed by atoms with van der Waals surface area (Å²) < 4.78 is 5.38. The lowest BCUT2D eigenvalue weighted by molar-refractivity contribution is -0.147. The predicted molar refractivity (Wildman–Crippen MR) is 78.1 cm³/mol. The number of carboxylic acids is 1. The third-order valence-corrected chi connectivity index (χ3v) is 4.09. The van der Waals surface area contributed by atoms with Crippen molar-refractivity contribution in [2.45, 2.75) is 39.2 Å². The number of rotatable bonds is 3. The second kappa shape index (κ2) is 6.22. The van der Waals surface area contributed by atoms with Gasteiger partial charge in [-0.25, -0.2) is 4.79 Å². The molecule has 0 saturated carbocycles. The van der Waals surface area contributed by atoms with Crippen molar-refractivity contribution >= 4 is 12.1 Å². The number of carbonyl (C=O) groups excluding carboxylic acids is 1. The number of carboxylic acid groups (broad SMARTS) is 1. The van der Waals surface area contributed by atoms with Gasteiger partial charge < -0.3 is 19.6 Å². The fourth-order valence-electron chi connectivity index (χ4n) is 2.86. The van der Waals surface area contributed by atoms with Gasteiger partial charge in [0.05, 0.1) is 5.92 Å². The van der Waals surface area contributed by atoms with Gasteiger partial charge in [0.15, 0.2) is 0 Å². The third kappa shape index (κ3) is 4.59. The lowest BCUT2D eigenvalue weighted by atomic mass is 9.92. The van der Waals surface area contributed by atoms with Crippen molar-refractivity contribution in [2.75, 3.05) is 32.7 Å². The smallest absolute Gasteiger partial charge is 0.410 e. The molecule has 0 atom stereocenters. The normalized spacial score (nSPS) is 22.0. The highest BCUT2D eigenvalue weighted by atomic mass is 16.6. The molecule has 2 rings (SSSR count). The molecule has 120 valence electrons. The number of carbonyl (C=O) groups is 2. The van der Waals surface area contributed by atoms with E-state index < -0.39 is 11.6 Å². The zero-order chi connectivity index (χ0) is 15.6. The Morgan fingerprint density at radius 2 is 1.76 bits per heavy atom. The Morgan fingerprint density at radius 1 is 1.19 bits per heavy atom. The van der Waals surface area contributed by atoms with Gasteiger partial charge in [-0.05, 0) is 39.5 Å². The Bertz CT molecular complexity index is 391. The number of nitrogens with zero attached hydrogens (tertiary/aromatic N) is 2. The second-order valence-electron chi connectivity index (χ2n) is 7.16. The molecule has 0 spiro atoms. The zero-order valence-electron chi connectivity index (χ0n) is 13.2. The van der Waals surface area contributed by atoms with E-state index in [0.717, 1.165) is 32.5 Å². The fourth-order valence-corrected chi connectivity index (χ4v) is 2.86. The summed E-state index contributed by atoms with van der Waals surface area (Å²) in [6.45, 7) is 9.38. The van der Waals surface area contributed by atoms with Crippen LogP contribution >= 0.6 is 0 Å². The number of hydrogen-bond donors (Lipinski definition) is 1. The molecule has 0 aliphatic carbocycles. The number of amides is 1. The van der Waals surface area contributed by atoms with Crippen LogP contribution in [0.5, 0.6) is 0 Å². The molecule has 6 heteroatoms. The van der Waals surface area contributed by atoms with E-state index in [9.17, 15) is 9.59 Å². The van der Waals surface area contributed by atoms with Crippen molar-refractivity contribution < 1.29 is 19.4 Å². The van der Waals surface area contributed by atoms with Gasteiger partial charge in [-0.3, -0.25) is 4.79 Å². The van der Waals surface area contributed by atoms with E-state index in [1.165, 1.54) is 0 Å². The molecule has 2 heterocycles. The van der Waals surface area contributed by atoms with Crippen LogP contribution in [0.4, 0.5) is 4.79 Å². The van der Waals surface area contributed by atoms with Crippen LogP contribution < -0.4 is 0 Å². The minimum Gasteiger partial charge on any atom is -0.481 e. The summed E-state index contributed by atoms with van der Waals surface area (Å²) in [6, 6.07) is 0. The van der Waals surface area contributed by atoms with Gasteiger partial charge in [-0.2, -0.15) is 0 Å². The van der Waals surface area contributed by atoms with Crippen LogP contribution in [0.2, 0.25) is 0 Å². The molecule has 0 aromatic carbocycles. The summed E-state index contributed by atoms with van der Waals surface area (Å²) in [5, 5.41) is 8.86. The maximum atomic E-state index is 12.0. The summed E-state index contributed by atoms with van der Waals surface area (Å²) in [7, 11) is 0. The van der Waals surface area contributed by atoms with Gasteiger partial charge in [-0.15, -0.1) is 0 Å². The Hall–Kier alpha value is -1.30. The lowest BCUT2D eigenvalue weighted by Gasteiger charge is -2.41. The molecule has 21 heavy (non-hydrogen) atoms. The number of hydrogen-bond acceptors (Lipinski definition) is 4. The van der Waals surface area contributed by atoms with E-state index in [2.05, 4.69) is 4.90 Å². The van der Waals surface area contributed by atoms with Crippen LogP contribution in [0.25, 0.3) is 0 Å². The van der Waals surface area contributed by atoms with E-state index in [1.807, 2.05) is 20.8 Å². The molecule has 2 aliphatic rings. The molecule has 2 fully saturated rings. The topological polar surface area (TPSA) is 70.1 Å². The molecule has 2 aliphatic heterocycles. The van der Waals surface area contributed by atoms with Gasteiger partial charge in [0, 0.05) is 32.7 Å². The first-order valence-electron chi connectivity index (χ1n) is 7.67. The average Bonchev–Trinajstić information content (AvgIpc) is 2.31. The van der Waals surface area contributed by atoms with Crippen LogP contribution in [0.15, 0.2) is 0 Å². The summed E-state index contributed by atoms with van der Waals surface area (Å²) in [5.74, 6) is -0.323. The van der Waals surface area contributed by atoms with Gasteiger partial charge in [-0.1, -0.05) is 0 Å². The van der Waals surface area contributed by atoms with Crippen molar-refractivity contribution in [3.05, 3.63) is 0 Å². The minimum absolute atomic E-state index is 0.188. The van der Waals surface area contributed by atoms with Crippen molar-refractivity contribution in [1.82, 2.24) is 9.80 Å². The molecule has 0 unspecified atom stereocenters. The highest BCUT2D eigenvalue weighted by Crippen LogP contribution is 2.24. The summed E-state index contributed by atoms with van der Waals surface area (Å²) in [5.41, 5.74) is -0.447. The maximum absolute atomic E-state index is 12.0. The molecular weight excluding hydrogens is 272 g/mol. The third-order valence-electron chi connectivity index (χ3n) is 4.09. The summed E-state index contributed by atoms with van der Waals surface area (Å²) in [6.07, 6.45) is 1.71. The zero-order valence-corrected chi connectivity index (χ0v) is 13.2. The highest BCUT2D eigenvalue weighted by Gasteiger charge is 2.34. The lowest BCUT2D eigenvalue weighted by Crippen LogP contribution is -2.53. The predicted octanol–water partition coefficient (Wildman–Crippen LogP) is 1.65. The van der Waals surface area contributed by atoms with E-state index in [-0.39, 0.29) is 12.0 Å². The molecular formula is C15H26N2O4. The highest BCUT2D eigenvalue weighted by molar-refractivity contribution is 5.71. The summed E-state index contributed by atoms with van der Waals surface area (Å²) >= 11 is 0. The Labute approximate surface area is 126 Å². The standard InChI is InChI=1S/C15H26N2O4/c1-15(2,3)21-14(20)17-6-4-11(5-7-17)8-16-9-12(10-16)13(18)19/h11-12H,4-10H2,1-3H3,(H,18,19). The van der Waals surface area contributed by atoms with Crippen LogP contribution in [0.3, 0.4) is 0 Å². The van der Waals surface area contributed by atoms with Gasteiger partial charge in [0.2, 0.25) is 0 Å². The Balaban J connectivity index is 1.67. The van der Waals surface area contributed by atoms with Crippen LogP contribution in [-0.2, 0) is 9.53 Å². The number of piperidine rings is 1. The first-order chi connectivity index (χ1) is 9.74. The van der Waals surface area contributed by atoms with E-state index in [1.54, 1.807) is 4.90 Å². The first kappa shape index (κ1) is 16.1. The monoisotopic (exact) mass is 298 g/mol. The molecule has 0 aromatic heterocycles. The molecule has 0 bridgehead atoms. The van der Waals surface area contributed by atoms with Crippen molar-refractivity contribution in [3.8, 4) is 0 Å². The summed E-state index contributed by atoms with van der Waals surface area (Å²) in [4.78, 5) is 26.7. The number of aliphatic carboxylic acids is 1. The average molecular weight is 298 g/mol. The molecule has 1 N–H and O–H groups in total. The van der Waals surface area contributed by atoms with E-state index in [0.29, 0.717) is 19.0 Å². The maximum Gasteiger partial charge on any atom is 0.410 e. The van der Waals surface area contributed by atoms with Crippen LogP contribution in [-0.4, -0.2) is 65.3 Å². The van der Waals surface area contributed by atoms with Gasteiger partial charge >= 0.3 is 12.1 Å². The Morgan fingerprint density at radius 3 is 2.24 bits per heavy atom. The number of likely N-dealkylation sites (tertiary alicyclic amines) is 2. The minimum atomic E-state index is -0.689. The Kier molecular flexibility index (Phi) is 4.76. The van der Waals surface area contributed by atoms with Gasteiger partial charge in [0.1, 0.15) is 5.60 Å². The van der Waals surface area contributed by atoms with Crippen molar-refractivity contribution in [3.63, 3.8) is 0 Å². The molecule has 0 radical (unpaired) electrons. The quantitative estimate of drug-likeness (QED) is 0.858.